The molecule has 1 nitrogen and oxygen atoms in total. The zero-order valence-corrected chi connectivity index (χ0v) is 19.9. The van der Waals surface area contributed by atoms with Crippen LogP contribution in [0, 0.1) is 26.7 Å². The summed E-state index contributed by atoms with van der Waals surface area (Å²) in [4.78, 5) is 0. The predicted octanol–water partition coefficient (Wildman–Crippen LogP) is 7.27. The summed E-state index contributed by atoms with van der Waals surface area (Å²) in [6.45, 7) is 6.81. The first-order valence-corrected chi connectivity index (χ1v) is 12.0. The molecular formula is C32H30O. The number of aryl methyl sites for hydroxylation is 3. The number of rotatable bonds is 3. The van der Waals surface area contributed by atoms with E-state index in [0.717, 1.165) is 12.2 Å². The molecule has 1 heteroatoms. The maximum absolute atomic E-state index is 5.51. The van der Waals surface area contributed by atoms with E-state index in [9.17, 15) is 0 Å². The van der Waals surface area contributed by atoms with Gasteiger partial charge in [0.2, 0.25) is 0 Å². The van der Waals surface area contributed by atoms with Crippen LogP contribution in [0.2, 0.25) is 0 Å². The molecular weight excluding hydrogens is 400 g/mol. The van der Waals surface area contributed by atoms with Gasteiger partial charge in [0.1, 0.15) is 5.75 Å². The standard InChI is InChI=1S/C32H30O/c1-20-17-21(2)30(22(3)18-20)31-26-10-6-8-12-28(26)32(24-13-15-25(33-4)16-14-24)27-11-7-5-9-23(27)19-29(31)32/h5-18,29,31H,19H2,1-4H3/t29-,31?,32+/m1/s1. The van der Waals surface area contributed by atoms with Gasteiger partial charge in [0.25, 0.3) is 0 Å². The molecule has 0 aromatic heterocycles. The van der Waals surface area contributed by atoms with Gasteiger partial charge in [0, 0.05) is 11.3 Å². The van der Waals surface area contributed by atoms with E-state index in [4.69, 9.17) is 4.74 Å². The third-order valence-electron chi connectivity index (χ3n) is 8.16. The fourth-order valence-electron chi connectivity index (χ4n) is 7.15. The topological polar surface area (TPSA) is 9.23 Å². The lowest BCUT2D eigenvalue weighted by atomic mass is 9.66. The Morgan fingerprint density at radius 1 is 0.758 bits per heavy atom. The second-order valence-electron chi connectivity index (χ2n) is 9.88. The predicted molar refractivity (Wildman–Crippen MR) is 135 cm³/mol. The van der Waals surface area contributed by atoms with E-state index in [1.54, 1.807) is 7.11 Å². The van der Waals surface area contributed by atoms with Crippen molar-refractivity contribution in [3.8, 4) is 5.75 Å². The molecule has 0 N–H and O–H groups in total. The molecule has 0 aliphatic heterocycles. The van der Waals surface area contributed by atoms with Crippen LogP contribution in [-0.2, 0) is 11.8 Å². The van der Waals surface area contributed by atoms with Crippen LogP contribution < -0.4 is 4.74 Å². The van der Waals surface area contributed by atoms with Crippen LogP contribution in [0.1, 0.15) is 56.0 Å². The highest BCUT2D eigenvalue weighted by Crippen LogP contribution is 2.64. The first kappa shape index (κ1) is 20.3. The van der Waals surface area contributed by atoms with E-state index in [2.05, 4.69) is 106 Å². The first-order valence-electron chi connectivity index (χ1n) is 12.0. The van der Waals surface area contributed by atoms with Crippen molar-refractivity contribution in [1.29, 1.82) is 0 Å². The number of hydrogen-bond donors (Lipinski definition) is 0. The largest absolute Gasteiger partial charge is 0.497 e. The van der Waals surface area contributed by atoms with Crippen molar-refractivity contribution in [1.82, 2.24) is 0 Å². The lowest BCUT2D eigenvalue weighted by Crippen LogP contribution is -2.32. The molecule has 4 aromatic carbocycles. The van der Waals surface area contributed by atoms with Gasteiger partial charge in [0.15, 0.2) is 0 Å². The van der Waals surface area contributed by atoms with Gasteiger partial charge in [-0.25, -0.2) is 0 Å². The van der Waals surface area contributed by atoms with Gasteiger partial charge in [-0.3, -0.25) is 0 Å². The summed E-state index contributed by atoms with van der Waals surface area (Å²) < 4.78 is 5.51. The minimum absolute atomic E-state index is 0.145. The van der Waals surface area contributed by atoms with Crippen LogP contribution in [0.3, 0.4) is 0 Å². The molecule has 2 aliphatic rings. The zero-order chi connectivity index (χ0) is 22.7. The lowest BCUT2D eigenvalue weighted by Gasteiger charge is -2.35. The van der Waals surface area contributed by atoms with Crippen LogP contribution >= 0.6 is 0 Å². The summed E-state index contributed by atoms with van der Waals surface area (Å²) in [5, 5.41) is 0. The molecule has 0 saturated heterocycles. The van der Waals surface area contributed by atoms with Gasteiger partial charge in [-0.2, -0.15) is 0 Å². The van der Waals surface area contributed by atoms with Crippen molar-refractivity contribution >= 4 is 0 Å². The van der Waals surface area contributed by atoms with Crippen molar-refractivity contribution < 1.29 is 4.74 Å². The van der Waals surface area contributed by atoms with Crippen LogP contribution in [-0.4, -0.2) is 7.11 Å². The van der Waals surface area contributed by atoms with E-state index < -0.39 is 0 Å². The quantitative estimate of drug-likeness (QED) is 0.332. The molecule has 6 rings (SSSR count). The van der Waals surface area contributed by atoms with Gasteiger partial charge in [-0.15, -0.1) is 0 Å². The van der Waals surface area contributed by atoms with Crippen molar-refractivity contribution in [2.24, 2.45) is 5.92 Å². The van der Waals surface area contributed by atoms with Gasteiger partial charge in [0.05, 0.1) is 7.11 Å². The van der Waals surface area contributed by atoms with E-state index in [0.29, 0.717) is 11.8 Å². The number of methoxy groups -OCH3 is 1. The number of fused-ring (bicyclic) bond motifs is 5. The molecule has 0 fully saturated rings. The number of benzene rings is 4. The van der Waals surface area contributed by atoms with Crippen LogP contribution in [0.25, 0.3) is 0 Å². The summed E-state index contributed by atoms with van der Waals surface area (Å²) in [5.74, 6) is 1.73. The highest BCUT2D eigenvalue weighted by molar-refractivity contribution is 5.67. The Kier molecular flexibility index (Phi) is 4.52. The Hall–Kier alpha value is -3.32. The second-order valence-corrected chi connectivity index (χ2v) is 9.88. The van der Waals surface area contributed by atoms with Crippen molar-refractivity contribution in [2.45, 2.75) is 38.5 Å². The van der Waals surface area contributed by atoms with Gasteiger partial charge in [-0.1, -0.05) is 78.4 Å². The first-order chi connectivity index (χ1) is 16.1. The Labute approximate surface area is 197 Å². The molecule has 0 radical (unpaired) electrons. The summed E-state index contributed by atoms with van der Waals surface area (Å²) in [6, 6.07) is 31.9. The van der Waals surface area contributed by atoms with Crippen LogP contribution in [0.15, 0.2) is 84.9 Å². The molecule has 0 spiro atoms. The van der Waals surface area contributed by atoms with Crippen molar-refractivity contribution in [3.05, 3.63) is 135 Å². The molecule has 4 aromatic rings. The van der Waals surface area contributed by atoms with Gasteiger partial charge >= 0.3 is 0 Å². The summed E-state index contributed by atoms with van der Waals surface area (Å²) in [6.07, 6.45) is 1.09. The van der Waals surface area contributed by atoms with E-state index in [1.165, 1.54) is 50.1 Å². The summed E-state index contributed by atoms with van der Waals surface area (Å²) in [5.41, 5.74) is 12.8. The van der Waals surface area contributed by atoms with E-state index in [1.807, 2.05) is 0 Å². The Morgan fingerprint density at radius 2 is 1.39 bits per heavy atom. The number of ether oxygens (including phenoxy) is 1. The van der Waals surface area contributed by atoms with E-state index >= 15 is 0 Å². The summed E-state index contributed by atoms with van der Waals surface area (Å²) >= 11 is 0. The molecule has 33 heavy (non-hydrogen) atoms. The highest BCUT2D eigenvalue weighted by Gasteiger charge is 2.58. The molecule has 0 amide bonds. The number of hydrogen-bond acceptors (Lipinski definition) is 1. The van der Waals surface area contributed by atoms with Crippen molar-refractivity contribution in [2.75, 3.05) is 7.11 Å². The molecule has 1 unspecified atom stereocenters. The fourth-order valence-corrected chi connectivity index (χ4v) is 7.15. The minimum Gasteiger partial charge on any atom is -0.497 e. The fraction of sp³-hybridized carbons (Fsp3) is 0.250. The normalized spacial score (nSPS) is 22.5. The van der Waals surface area contributed by atoms with Gasteiger partial charge < -0.3 is 4.74 Å². The van der Waals surface area contributed by atoms with Crippen LogP contribution in [0.4, 0.5) is 0 Å². The van der Waals surface area contributed by atoms with Gasteiger partial charge in [-0.05, 0) is 89.8 Å². The minimum atomic E-state index is -0.145. The highest BCUT2D eigenvalue weighted by atomic mass is 16.5. The molecule has 164 valence electrons. The molecule has 0 heterocycles. The smallest absolute Gasteiger partial charge is 0.118 e. The third kappa shape index (κ3) is 2.72. The molecule has 3 atom stereocenters. The van der Waals surface area contributed by atoms with Crippen LogP contribution in [0.5, 0.6) is 5.75 Å². The maximum Gasteiger partial charge on any atom is 0.118 e. The van der Waals surface area contributed by atoms with Crippen molar-refractivity contribution in [3.63, 3.8) is 0 Å². The third-order valence-corrected chi connectivity index (χ3v) is 8.16. The zero-order valence-electron chi connectivity index (χ0n) is 19.9. The average molecular weight is 431 g/mol. The molecule has 2 aliphatic carbocycles. The Morgan fingerprint density at radius 3 is 2.09 bits per heavy atom. The Balaban J connectivity index is 1.69. The molecule has 0 saturated carbocycles. The second kappa shape index (κ2) is 7.35. The summed E-state index contributed by atoms with van der Waals surface area (Å²) in [7, 11) is 1.74. The average Bonchev–Trinajstić information content (AvgIpc) is 3.30. The molecule has 0 bridgehead atoms. The SMILES string of the molecule is COc1ccc([C@@]23c4ccccc4C[C@@H]2C(c2c(C)cc(C)cc2C)c2ccccc23)cc1. The monoisotopic (exact) mass is 430 g/mol. The van der Waals surface area contributed by atoms with E-state index in [-0.39, 0.29) is 5.41 Å². The maximum atomic E-state index is 5.51. The Bertz CT molecular complexity index is 1340. The lowest BCUT2D eigenvalue weighted by molar-refractivity contribution is 0.401.